The minimum Gasteiger partial charge on any atom is -0.378 e. The zero-order chi connectivity index (χ0) is 27.6. The summed E-state index contributed by atoms with van der Waals surface area (Å²) < 4.78 is 34.9. The number of nitrogens with one attached hydrogen (secondary N) is 1. The van der Waals surface area contributed by atoms with Crippen LogP contribution in [0.5, 0.6) is 0 Å². The van der Waals surface area contributed by atoms with E-state index in [1.807, 2.05) is 11.9 Å². The highest BCUT2D eigenvalue weighted by molar-refractivity contribution is 5.77. The highest BCUT2D eigenvalue weighted by Gasteiger charge is 2.25. The van der Waals surface area contributed by atoms with Crippen LogP contribution in [0, 0.1) is 0 Å². The quantitative estimate of drug-likeness (QED) is 0.366. The van der Waals surface area contributed by atoms with E-state index in [2.05, 4.69) is 52.1 Å². The molecule has 1 N–H and O–H groups in total. The Balaban J connectivity index is 1.33. The Morgan fingerprint density at radius 1 is 0.950 bits per heavy atom. The molecular formula is C26H31F2N11O. The number of halogens is 2. The first-order chi connectivity index (χ1) is 19.5. The maximum atomic E-state index is 14.1. The Morgan fingerprint density at radius 3 is 2.38 bits per heavy atom. The van der Waals surface area contributed by atoms with E-state index in [9.17, 15) is 8.78 Å². The van der Waals surface area contributed by atoms with Crippen LogP contribution in [0.1, 0.15) is 25.1 Å². The predicted octanol–water partition coefficient (Wildman–Crippen LogP) is 3.05. The van der Waals surface area contributed by atoms with Crippen LogP contribution in [-0.2, 0) is 4.74 Å². The number of alkyl halides is 2. The van der Waals surface area contributed by atoms with Gasteiger partial charge in [-0.3, -0.25) is 4.57 Å². The number of anilines is 4. The monoisotopic (exact) mass is 551 g/mol. The molecular weight excluding hydrogens is 520 g/mol. The molecule has 5 heterocycles. The van der Waals surface area contributed by atoms with Crippen LogP contribution in [0.25, 0.3) is 17.0 Å². The minimum atomic E-state index is -2.82. The van der Waals surface area contributed by atoms with Crippen LogP contribution in [0.4, 0.5) is 32.3 Å². The number of imidazole rings is 1. The van der Waals surface area contributed by atoms with Gasteiger partial charge in [0.1, 0.15) is 0 Å². The van der Waals surface area contributed by atoms with E-state index >= 15 is 0 Å². The first-order valence-corrected chi connectivity index (χ1v) is 13.3. The molecule has 0 bridgehead atoms. The van der Waals surface area contributed by atoms with Crippen LogP contribution >= 0.6 is 0 Å². The molecule has 6 rings (SSSR count). The molecule has 2 aliphatic rings. The van der Waals surface area contributed by atoms with E-state index in [0.717, 1.165) is 25.9 Å². The lowest BCUT2D eigenvalue weighted by atomic mass is 10.0. The Morgan fingerprint density at radius 2 is 1.65 bits per heavy atom. The summed E-state index contributed by atoms with van der Waals surface area (Å²) in [4.78, 5) is 33.4. The molecule has 0 aliphatic carbocycles. The first-order valence-electron chi connectivity index (χ1n) is 13.3. The van der Waals surface area contributed by atoms with Crippen molar-refractivity contribution < 1.29 is 13.5 Å². The number of fused-ring (bicyclic) bond motifs is 1. The molecule has 0 saturated carbocycles. The molecule has 0 radical (unpaired) electrons. The number of hydrogen-bond donors (Lipinski definition) is 1. The summed E-state index contributed by atoms with van der Waals surface area (Å²) in [6.07, 6.45) is 2.62. The molecule has 4 aromatic rings. The zero-order valence-electron chi connectivity index (χ0n) is 22.4. The van der Waals surface area contributed by atoms with Gasteiger partial charge in [0.25, 0.3) is 6.43 Å². The third-order valence-electron chi connectivity index (χ3n) is 7.33. The van der Waals surface area contributed by atoms with Crippen molar-refractivity contribution in [1.29, 1.82) is 0 Å². The molecule has 0 atom stereocenters. The van der Waals surface area contributed by atoms with Gasteiger partial charge in [-0.25, -0.2) is 23.7 Å². The van der Waals surface area contributed by atoms with E-state index in [1.165, 1.54) is 4.57 Å². The molecule has 0 unspecified atom stereocenters. The molecule has 2 aliphatic heterocycles. The van der Waals surface area contributed by atoms with Gasteiger partial charge in [-0.05, 0) is 45.1 Å². The van der Waals surface area contributed by atoms with E-state index in [1.54, 1.807) is 36.7 Å². The molecule has 40 heavy (non-hydrogen) atoms. The van der Waals surface area contributed by atoms with Crippen molar-refractivity contribution in [3.05, 3.63) is 42.5 Å². The van der Waals surface area contributed by atoms with Crippen LogP contribution < -0.4 is 15.1 Å². The highest BCUT2D eigenvalue weighted by Crippen LogP contribution is 2.28. The van der Waals surface area contributed by atoms with Crippen molar-refractivity contribution >= 4 is 34.6 Å². The van der Waals surface area contributed by atoms with E-state index in [4.69, 9.17) is 4.74 Å². The maximum absolute atomic E-state index is 14.1. The van der Waals surface area contributed by atoms with Gasteiger partial charge in [-0.2, -0.15) is 15.0 Å². The van der Waals surface area contributed by atoms with Crippen LogP contribution in [0.15, 0.2) is 36.7 Å². The molecule has 2 fully saturated rings. The van der Waals surface area contributed by atoms with Gasteiger partial charge in [0.2, 0.25) is 23.8 Å². The highest BCUT2D eigenvalue weighted by atomic mass is 19.3. The molecule has 1 aromatic carbocycles. The number of benzene rings is 1. The van der Waals surface area contributed by atoms with Crippen molar-refractivity contribution in [1.82, 2.24) is 39.4 Å². The van der Waals surface area contributed by atoms with Gasteiger partial charge >= 0.3 is 0 Å². The van der Waals surface area contributed by atoms with Crippen molar-refractivity contribution in [2.24, 2.45) is 0 Å². The summed E-state index contributed by atoms with van der Waals surface area (Å²) in [5, 5.41) is 3.14. The normalized spacial score (nSPS) is 17.1. The largest absolute Gasteiger partial charge is 0.378 e. The average molecular weight is 552 g/mol. The summed E-state index contributed by atoms with van der Waals surface area (Å²) in [6, 6.07) is 7.30. The number of nitrogens with zero attached hydrogens (tertiary/aromatic N) is 10. The topological polar surface area (TPSA) is 113 Å². The van der Waals surface area contributed by atoms with E-state index in [0.29, 0.717) is 61.0 Å². The molecule has 3 aromatic heterocycles. The number of rotatable bonds is 7. The molecule has 2 saturated heterocycles. The SMILES string of the molecule is CN1CCC(N(C)c2ncc(Nc3nc(N4CCOCC4)nc(-n4c(C(F)F)nc5ccccc54)n3)cn2)CC1. The molecule has 12 nitrogen and oxygen atoms in total. The Kier molecular flexibility index (Phi) is 7.34. The fraction of sp³-hybridized carbons (Fsp3) is 0.462. The lowest BCUT2D eigenvalue weighted by molar-refractivity contribution is 0.122. The van der Waals surface area contributed by atoms with Crippen LogP contribution in [0.3, 0.4) is 0 Å². The molecule has 0 amide bonds. The number of para-hydroxylation sites is 2. The summed E-state index contributed by atoms with van der Waals surface area (Å²) in [6.45, 7) is 4.25. The number of ether oxygens (including phenoxy) is 1. The van der Waals surface area contributed by atoms with Gasteiger partial charge in [-0.1, -0.05) is 12.1 Å². The van der Waals surface area contributed by atoms with E-state index < -0.39 is 12.2 Å². The second-order valence-electron chi connectivity index (χ2n) is 10.00. The van der Waals surface area contributed by atoms with Gasteiger partial charge in [-0.15, -0.1) is 0 Å². The average Bonchev–Trinajstić information content (AvgIpc) is 3.38. The minimum absolute atomic E-state index is 0.0440. The van der Waals surface area contributed by atoms with Gasteiger partial charge in [0.05, 0.1) is 42.3 Å². The lowest BCUT2D eigenvalue weighted by Crippen LogP contribution is -2.42. The summed E-state index contributed by atoms with van der Waals surface area (Å²) in [5.74, 6) is 0.785. The Hall–Kier alpha value is -4.04. The van der Waals surface area contributed by atoms with Crippen LogP contribution in [-0.4, -0.2) is 98.9 Å². The van der Waals surface area contributed by atoms with Gasteiger partial charge in [0, 0.05) is 26.2 Å². The van der Waals surface area contributed by atoms with Crippen molar-refractivity contribution in [3.8, 4) is 5.95 Å². The number of aromatic nitrogens is 7. The van der Waals surface area contributed by atoms with Gasteiger partial charge < -0.3 is 24.8 Å². The standard InChI is InChI=1S/C26H31F2N11O/c1-36-9-7-18(8-10-36)37(2)24-29-15-17(16-30-24)31-23-33-25(38-11-13-40-14-12-38)35-26(34-23)39-20-6-4-3-5-19(20)32-22(39)21(27)28/h3-6,15-16,18,21H,7-14H2,1-2H3,(H,31,33,34,35). The second-order valence-corrected chi connectivity index (χ2v) is 10.00. The summed E-state index contributed by atoms with van der Waals surface area (Å²) >= 11 is 0. The van der Waals surface area contributed by atoms with Crippen molar-refractivity contribution in [3.63, 3.8) is 0 Å². The molecule has 0 spiro atoms. The van der Waals surface area contributed by atoms with E-state index in [-0.39, 0.29) is 11.9 Å². The molecule has 210 valence electrons. The zero-order valence-corrected chi connectivity index (χ0v) is 22.4. The number of piperidine rings is 1. The Labute approximate surface area is 230 Å². The first kappa shape index (κ1) is 26.2. The summed E-state index contributed by atoms with van der Waals surface area (Å²) in [7, 11) is 4.15. The lowest BCUT2D eigenvalue weighted by Gasteiger charge is -2.35. The third kappa shape index (κ3) is 5.36. The second kappa shape index (κ2) is 11.2. The fourth-order valence-electron chi connectivity index (χ4n) is 5.06. The number of morpholine rings is 1. The number of hydrogen-bond acceptors (Lipinski definition) is 11. The fourth-order valence-corrected chi connectivity index (χ4v) is 5.06. The third-order valence-corrected chi connectivity index (χ3v) is 7.33. The van der Waals surface area contributed by atoms with Crippen molar-refractivity contribution in [2.45, 2.75) is 25.3 Å². The number of likely N-dealkylation sites (tertiary alicyclic amines) is 1. The van der Waals surface area contributed by atoms with Gasteiger partial charge in [0.15, 0.2) is 5.82 Å². The maximum Gasteiger partial charge on any atom is 0.296 e. The summed E-state index contributed by atoms with van der Waals surface area (Å²) in [5.41, 5.74) is 1.47. The Bertz CT molecular complexity index is 1450. The predicted molar refractivity (Wildman–Crippen MR) is 147 cm³/mol. The van der Waals surface area contributed by atoms with Crippen molar-refractivity contribution in [2.75, 3.05) is 68.6 Å². The smallest absolute Gasteiger partial charge is 0.296 e. The molecule has 14 heteroatoms. The van der Waals surface area contributed by atoms with Crippen LogP contribution in [0.2, 0.25) is 0 Å².